The maximum absolute atomic E-state index is 6.62. The molecule has 36 heavy (non-hydrogen) atoms. The molecular formula is C34H35NO. The highest BCUT2D eigenvalue weighted by molar-refractivity contribution is 6.00. The summed E-state index contributed by atoms with van der Waals surface area (Å²) >= 11 is 0. The van der Waals surface area contributed by atoms with Crippen molar-refractivity contribution in [3.05, 3.63) is 97.2 Å². The molecule has 0 saturated carbocycles. The summed E-state index contributed by atoms with van der Waals surface area (Å²) in [5.41, 5.74) is 5.56. The third kappa shape index (κ3) is 5.28. The molecule has 0 fully saturated rings. The van der Waals surface area contributed by atoms with E-state index in [-0.39, 0.29) is 0 Å². The lowest BCUT2D eigenvalue weighted by Gasteiger charge is -2.17. The summed E-state index contributed by atoms with van der Waals surface area (Å²) in [7, 11) is 0. The van der Waals surface area contributed by atoms with Crippen LogP contribution in [0.5, 0.6) is 5.75 Å². The van der Waals surface area contributed by atoms with E-state index in [0.717, 1.165) is 34.2 Å². The molecule has 1 atom stereocenters. The summed E-state index contributed by atoms with van der Waals surface area (Å²) in [5.74, 6) is 1.60. The molecule has 2 nitrogen and oxygen atoms in total. The lowest BCUT2D eigenvalue weighted by atomic mass is 9.96. The molecule has 0 aliphatic carbocycles. The van der Waals surface area contributed by atoms with Gasteiger partial charge in [0.1, 0.15) is 5.75 Å². The molecule has 0 amide bonds. The average molecular weight is 474 g/mol. The van der Waals surface area contributed by atoms with Gasteiger partial charge in [-0.3, -0.25) is 4.98 Å². The predicted octanol–water partition coefficient (Wildman–Crippen LogP) is 9.71. The van der Waals surface area contributed by atoms with Crippen LogP contribution in [0.4, 0.5) is 0 Å². The van der Waals surface area contributed by atoms with Gasteiger partial charge in [0.15, 0.2) is 0 Å². The Hall–Kier alpha value is -3.65. The van der Waals surface area contributed by atoms with Crippen molar-refractivity contribution >= 4 is 21.7 Å². The first-order valence-electron chi connectivity index (χ1n) is 13.3. The molecule has 0 radical (unpaired) electrons. The second-order valence-corrected chi connectivity index (χ2v) is 9.86. The quantitative estimate of drug-likeness (QED) is 0.188. The molecule has 1 heterocycles. The van der Waals surface area contributed by atoms with E-state index in [1.807, 2.05) is 6.20 Å². The monoisotopic (exact) mass is 473 g/mol. The molecule has 0 aliphatic heterocycles. The summed E-state index contributed by atoms with van der Waals surface area (Å²) in [6.45, 7) is 5.32. The van der Waals surface area contributed by atoms with Crippen molar-refractivity contribution in [3.63, 3.8) is 0 Å². The normalized spacial score (nSPS) is 12.2. The first kappa shape index (κ1) is 24.1. The maximum Gasteiger partial charge on any atom is 0.138 e. The number of ether oxygens (including phenoxy) is 1. The van der Waals surface area contributed by atoms with Crippen molar-refractivity contribution in [2.24, 2.45) is 5.92 Å². The number of nitrogens with zero attached hydrogens (tertiary/aromatic N) is 1. The molecule has 0 N–H and O–H groups in total. The zero-order chi connectivity index (χ0) is 24.7. The van der Waals surface area contributed by atoms with E-state index in [0.29, 0.717) is 12.5 Å². The fourth-order valence-corrected chi connectivity index (χ4v) is 5.04. The van der Waals surface area contributed by atoms with Crippen LogP contribution in [0.2, 0.25) is 0 Å². The van der Waals surface area contributed by atoms with Crippen LogP contribution in [0.25, 0.3) is 43.9 Å². The highest BCUT2D eigenvalue weighted by atomic mass is 16.5. The van der Waals surface area contributed by atoms with Crippen LogP contribution in [-0.4, -0.2) is 11.6 Å². The summed E-state index contributed by atoms with van der Waals surface area (Å²) in [5, 5.41) is 3.58. The summed E-state index contributed by atoms with van der Waals surface area (Å²) in [6.07, 6.45) is 8.19. The van der Waals surface area contributed by atoms with Crippen molar-refractivity contribution in [2.45, 2.75) is 46.0 Å². The van der Waals surface area contributed by atoms with Crippen LogP contribution in [0, 0.1) is 5.92 Å². The Morgan fingerprint density at radius 2 is 1.53 bits per heavy atom. The third-order valence-corrected chi connectivity index (χ3v) is 7.16. The molecule has 0 bridgehead atoms. The Kier molecular flexibility index (Phi) is 7.61. The van der Waals surface area contributed by atoms with E-state index in [1.54, 1.807) is 0 Å². The zero-order valence-corrected chi connectivity index (χ0v) is 21.4. The van der Waals surface area contributed by atoms with Gasteiger partial charge in [-0.2, -0.15) is 0 Å². The molecule has 1 unspecified atom stereocenters. The third-order valence-electron chi connectivity index (χ3n) is 7.16. The van der Waals surface area contributed by atoms with E-state index < -0.39 is 0 Å². The van der Waals surface area contributed by atoms with Gasteiger partial charge in [-0.15, -0.1) is 0 Å². The van der Waals surface area contributed by atoms with E-state index in [4.69, 9.17) is 9.72 Å². The van der Waals surface area contributed by atoms with Crippen molar-refractivity contribution in [2.75, 3.05) is 6.61 Å². The van der Waals surface area contributed by atoms with E-state index in [1.165, 1.54) is 47.6 Å². The van der Waals surface area contributed by atoms with Gasteiger partial charge in [-0.1, -0.05) is 118 Å². The number of rotatable bonds is 10. The number of hydrogen-bond acceptors (Lipinski definition) is 2. The Labute approximate surface area is 215 Å². The molecule has 0 spiro atoms. The average Bonchev–Trinajstić information content (AvgIpc) is 2.93. The highest BCUT2D eigenvalue weighted by Gasteiger charge is 2.15. The van der Waals surface area contributed by atoms with Gasteiger partial charge in [-0.05, 0) is 51.9 Å². The minimum Gasteiger partial charge on any atom is -0.492 e. The Morgan fingerprint density at radius 3 is 2.39 bits per heavy atom. The number of pyridine rings is 1. The van der Waals surface area contributed by atoms with Gasteiger partial charge in [0, 0.05) is 17.1 Å². The summed E-state index contributed by atoms with van der Waals surface area (Å²) < 4.78 is 6.62. The summed E-state index contributed by atoms with van der Waals surface area (Å²) in [4.78, 5) is 4.83. The fourth-order valence-electron chi connectivity index (χ4n) is 5.04. The predicted molar refractivity (Wildman–Crippen MR) is 154 cm³/mol. The van der Waals surface area contributed by atoms with Crippen LogP contribution in [0.1, 0.15) is 46.0 Å². The topological polar surface area (TPSA) is 22.1 Å². The molecule has 0 aliphatic rings. The first-order chi connectivity index (χ1) is 17.7. The van der Waals surface area contributed by atoms with Gasteiger partial charge < -0.3 is 4.74 Å². The van der Waals surface area contributed by atoms with Crippen molar-refractivity contribution < 1.29 is 4.74 Å². The minimum atomic E-state index is 0.663. The molecule has 5 rings (SSSR count). The van der Waals surface area contributed by atoms with Crippen LogP contribution >= 0.6 is 0 Å². The van der Waals surface area contributed by atoms with Gasteiger partial charge in [0.25, 0.3) is 0 Å². The SMILES string of the molecule is CCCCCC(C)CCOc1c(-c2ccccc2)cnc2ccc(-c3cccc4ccccc34)cc12. The molecular weight excluding hydrogens is 438 g/mol. The second-order valence-electron chi connectivity index (χ2n) is 9.86. The minimum absolute atomic E-state index is 0.663. The van der Waals surface area contributed by atoms with Gasteiger partial charge in [-0.25, -0.2) is 0 Å². The lowest BCUT2D eigenvalue weighted by Crippen LogP contribution is -2.06. The number of aromatic nitrogens is 1. The lowest BCUT2D eigenvalue weighted by molar-refractivity contribution is 0.280. The fraction of sp³-hybridized carbons (Fsp3) is 0.265. The Balaban J connectivity index is 1.54. The zero-order valence-electron chi connectivity index (χ0n) is 21.4. The molecule has 2 heteroatoms. The van der Waals surface area contributed by atoms with Crippen molar-refractivity contribution in [3.8, 4) is 28.0 Å². The molecule has 4 aromatic carbocycles. The second kappa shape index (κ2) is 11.4. The van der Waals surface area contributed by atoms with Gasteiger partial charge in [0.2, 0.25) is 0 Å². The van der Waals surface area contributed by atoms with Crippen molar-refractivity contribution in [1.82, 2.24) is 4.98 Å². The Morgan fingerprint density at radius 1 is 0.722 bits per heavy atom. The number of benzene rings is 4. The number of fused-ring (bicyclic) bond motifs is 2. The van der Waals surface area contributed by atoms with Crippen LogP contribution in [0.3, 0.4) is 0 Å². The van der Waals surface area contributed by atoms with Gasteiger partial charge in [0.05, 0.1) is 12.1 Å². The smallest absolute Gasteiger partial charge is 0.138 e. The number of hydrogen-bond donors (Lipinski definition) is 0. The molecule has 1 aromatic heterocycles. The van der Waals surface area contributed by atoms with Crippen LogP contribution < -0.4 is 4.74 Å². The van der Waals surface area contributed by atoms with E-state index >= 15 is 0 Å². The first-order valence-corrected chi connectivity index (χ1v) is 13.3. The van der Waals surface area contributed by atoms with Crippen molar-refractivity contribution in [1.29, 1.82) is 0 Å². The molecule has 0 saturated heterocycles. The highest BCUT2D eigenvalue weighted by Crippen LogP contribution is 2.39. The Bertz CT molecular complexity index is 1440. The van der Waals surface area contributed by atoms with Crippen LogP contribution in [0.15, 0.2) is 97.2 Å². The molecule has 5 aromatic rings. The molecule has 182 valence electrons. The van der Waals surface area contributed by atoms with Gasteiger partial charge >= 0.3 is 0 Å². The van der Waals surface area contributed by atoms with E-state index in [9.17, 15) is 0 Å². The maximum atomic E-state index is 6.62. The number of unbranched alkanes of at least 4 members (excludes halogenated alkanes) is 2. The summed E-state index contributed by atoms with van der Waals surface area (Å²) in [6, 6.07) is 32.1. The van der Waals surface area contributed by atoms with Crippen LogP contribution in [-0.2, 0) is 0 Å². The largest absolute Gasteiger partial charge is 0.492 e. The standard InChI is InChI=1S/C34H35NO/c1-3-4-6-12-25(2)21-22-36-34-31-23-28(30-18-11-16-26-15-9-10-17-29(26)30)19-20-33(31)35-24-32(34)27-13-7-5-8-14-27/h5,7-11,13-20,23-25H,3-4,6,12,21-22H2,1-2H3. The van der Waals surface area contributed by atoms with E-state index in [2.05, 4.69) is 105 Å².